The third kappa shape index (κ3) is 4.39. The van der Waals surface area contributed by atoms with E-state index in [1.165, 1.54) is 18.2 Å². The van der Waals surface area contributed by atoms with E-state index in [1.807, 2.05) is 32.9 Å². The normalized spacial score (nSPS) is 11.0. The Kier molecular flexibility index (Phi) is 4.79. The number of hydrogen-bond acceptors (Lipinski definition) is 2. The molecule has 0 bridgehead atoms. The first-order valence-corrected chi connectivity index (χ1v) is 7.25. The van der Waals surface area contributed by atoms with Crippen molar-refractivity contribution in [3.63, 3.8) is 0 Å². The predicted octanol–water partition coefficient (Wildman–Crippen LogP) is 3.70. The van der Waals surface area contributed by atoms with Gasteiger partial charge < -0.3 is 10.6 Å². The number of halogens is 1. The third-order valence-corrected chi connectivity index (χ3v) is 3.27. The fourth-order valence-corrected chi connectivity index (χ4v) is 2.18. The summed E-state index contributed by atoms with van der Waals surface area (Å²) in [5, 5.41) is 4.98. The molecule has 4 nitrogen and oxygen atoms in total. The summed E-state index contributed by atoms with van der Waals surface area (Å²) >= 11 is 0. The molecule has 5 heteroatoms. The first-order chi connectivity index (χ1) is 10.8. The molecular weight excluding hydrogens is 295 g/mol. The molecule has 2 N–H and O–H groups in total. The standard InChI is InChI=1S/C18H19FN2O2/c1-18(2,3)14-9-4-5-10-15(14)21-17(23)16(22)20-13-8-6-7-12(19)11-13/h4-11H,1-3H3,(H,20,22)(H,21,23). The van der Waals surface area contributed by atoms with Gasteiger partial charge in [0.25, 0.3) is 0 Å². The fraction of sp³-hybridized carbons (Fsp3) is 0.222. The Hall–Kier alpha value is -2.69. The maximum absolute atomic E-state index is 13.1. The highest BCUT2D eigenvalue weighted by atomic mass is 19.1. The molecule has 23 heavy (non-hydrogen) atoms. The van der Waals surface area contributed by atoms with Gasteiger partial charge in [0.15, 0.2) is 0 Å². The molecule has 0 heterocycles. The van der Waals surface area contributed by atoms with Crippen molar-refractivity contribution < 1.29 is 14.0 Å². The van der Waals surface area contributed by atoms with Crippen molar-refractivity contribution in [1.29, 1.82) is 0 Å². The van der Waals surface area contributed by atoms with Crippen molar-refractivity contribution >= 4 is 23.2 Å². The Balaban J connectivity index is 2.12. The van der Waals surface area contributed by atoms with E-state index in [0.717, 1.165) is 11.6 Å². The summed E-state index contributed by atoms with van der Waals surface area (Å²) in [6.07, 6.45) is 0. The summed E-state index contributed by atoms with van der Waals surface area (Å²) in [6, 6.07) is 12.7. The average molecular weight is 314 g/mol. The number of carbonyl (C=O) groups is 2. The second kappa shape index (κ2) is 6.60. The number of benzene rings is 2. The second-order valence-electron chi connectivity index (χ2n) is 6.21. The molecule has 0 atom stereocenters. The van der Waals surface area contributed by atoms with E-state index < -0.39 is 17.6 Å². The number of amides is 2. The lowest BCUT2D eigenvalue weighted by Gasteiger charge is -2.22. The van der Waals surface area contributed by atoms with E-state index in [-0.39, 0.29) is 11.1 Å². The lowest BCUT2D eigenvalue weighted by Crippen LogP contribution is -2.30. The van der Waals surface area contributed by atoms with Crippen LogP contribution in [0.5, 0.6) is 0 Å². The zero-order valence-corrected chi connectivity index (χ0v) is 13.3. The topological polar surface area (TPSA) is 58.2 Å². The summed E-state index contributed by atoms with van der Waals surface area (Å²) in [4.78, 5) is 24.0. The van der Waals surface area contributed by atoms with Crippen LogP contribution in [-0.2, 0) is 15.0 Å². The summed E-state index contributed by atoms with van der Waals surface area (Å²) in [5.41, 5.74) is 1.56. The summed E-state index contributed by atoms with van der Waals surface area (Å²) in [7, 11) is 0. The van der Waals surface area contributed by atoms with Crippen LogP contribution in [0.25, 0.3) is 0 Å². The van der Waals surface area contributed by atoms with Gasteiger partial charge in [-0.25, -0.2) is 4.39 Å². The molecule has 0 saturated carbocycles. The zero-order chi connectivity index (χ0) is 17.0. The van der Waals surface area contributed by atoms with E-state index in [9.17, 15) is 14.0 Å². The summed E-state index contributed by atoms with van der Waals surface area (Å²) in [6.45, 7) is 6.06. The minimum Gasteiger partial charge on any atom is -0.318 e. The van der Waals surface area contributed by atoms with Gasteiger partial charge in [-0.05, 0) is 35.2 Å². The van der Waals surface area contributed by atoms with Gasteiger partial charge >= 0.3 is 11.8 Å². The first kappa shape index (κ1) is 16.7. The highest BCUT2D eigenvalue weighted by Gasteiger charge is 2.21. The fourth-order valence-electron chi connectivity index (χ4n) is 2.18. The molecule has 0 saturated heterocycles. The molecular formula is C18H19FN2O2. The molecule has 0 radical (unpaired) electrons. The van der Waals surface area contributed by atoms with Gasteiger partial charge in [0.1, 0.15) is 5.82 Å². The molecule has 0 spiro atoms. The van der Waals surface area contributed by atoms with E-state index in [1.54, 1.807) is 12.1 Å². The van der Waals surface area contributed by atoms with Crippen LogP contribution in [0.1, 0.15) is 26.3 Å². The van der Waals surface area contributed by atoms with Gasteiger partial charge in [0.2, 0.25) is 0 Å². The Labute approximate surface area is 134 Å². The number of nitrogens with one attached hydrogen (secondary N) is 2. The van der Waals surface area contributed by atoms with E-state index in [0.29, 0.717) is 5.69 Å². The average Bonchev–Trinajstić information content (AvgIpc) is 2.46. The molecule has 0 aliphatic heterocycles. The van der Waals surface area contributed by atoms with Crippen LogP contribution in [0.4, 0.5) is 15.8 Å². The van der Waals surface area contributed by atoms with Crippen LogP contribution in [-0.4, -0.2) is 11.8 Å². The number of para-hydroxylation sites is 1. The largest absolute Gasteiger partial charge is 0.318 e. The lowest BCUT2D eigenvalue weighted by molar-refractivity contribution is -0.133. The summed E-state index contributed by atoms with van der Waals surface area (Å²) < 4.78 is 13.1. The molecule has 0 aliphatic carbocycles. The van der Waals surface area contributed by atoms with Crippen molar-refractivity contribution in [1.82, 2.24) is 0 Å². The van der Waals surface area contributed by atoms with Crippen LogP contribution >= 0.6 is 0 Å². The number of anilines is 2. The number of rotatable bonds is 2. The van der Waals surface area contributed by atoms with E-state index in [4.69, 9.17) is 0 Å². The maximum atomic E-state index is 13.1. The van der Waals surface area contributed by atoms with Gasteiger partial charge in [-0.1, -0.05) is 45.0 Å². The van der Waals surface area contributed by atoms with Crippen LogP contribution in [0.3, 0.4) is 0 Å². The van der Waals surface area contributed by atoms with Crippen molar-refractivity contribution in [3.05, 3.63) is 59.9 Å². The highest BCUT2D eigenvalue weighted by Crippen LogP contribution is 2.29. The monoisotopic (exact) mass is 314 g/mol. The lowest BCUT2D eigenvalue weighted by atomic mass is 9.86. The van der Waals surface area contributed by atoms with Crippen molar-refractivity contribution in [3.8, 4) is 0 Å². The molecule has 0 unspecified atom stereocenters. The van der Waals surface area contributed by atoms with E-state index >= 15 is 0 Å². The Morgan fingerprint density at radius 3 is 2.22 bits per heavy atom. The zero-order valence-electron chi connectivity index (χ0n) is 13.3. The maximum Gasteiger partial charge on any atom is 0.314 e. The van der Waals surface area contributed by atoms with Crippen molar-refractivity contribution in [2.45, 2.75) is 26.2 Å². The Morgan fingerprint density at radius 1 is 0.913 bits per heavy atom. The first-order valence-electron chi connectivity index (χ1n) is 7.25. The van der Waals surface area contributed by atoms with Crippen LogP contribution in [0.2, 0.25) is 0 Å². The van der Waals surface area contributed by atoms with Crippen LogP contribution in [0, 0.1) is 5.82 Å². The Morgan fingerprint density at radius 2 is 1.57 bits per heavy atom. The second-order valence-corrected chi connectivity index (χ2v) is 6.21. The third-order valence-electron chi connectivity index (χ3n) is 3.27. The van der Waals surface area contributed by atoms with E-state index in [2.05, 4.69) is 10.6 Å². The molecule has 0 aromatic heterocycles. The molecule has 2 rings (SSSR count). The van der Waals surface area contributed by atoms with Crippen LogP contribution in [0.15, 0.2) is 48.5 Å². The van der Waals surface area contributed by atoms with Gasteiger partial charge in [-0.3, -0.25) is 9.59 Å². The number of hydrogen-bond donors (Lipinski definition) is 2. The summed E-state index contributed by atoms with van der Waals surface area (Å²) in [5.74, 6) is -2.13. The molecule has 2 aromatic carbocycles. The minimum absolute atomic E-state index is 0.178. The molecule has 120 valence electrons. The SMILES string of the molecule is CC(C)(C)c1ccccc1NC(=O)C(=O)Nc1cccc(F)c1. The van der Waals surface area contributed by atoms with Gasteiger partial charge in [0, 0.05) is 11.4 Å². The minimum atomic E-state index is -0.848. The smallest absolute Gasteiger partial charge is 0.314 e. The van der Waals surface area contributed by atoms with Gasteiger partial charge in [0.05, 0.1) is 0 Å². The molecule has 2 amide bonds. The molecule has 0 fully saturated rings. The molecule has 2 aromatic rings. The van der Waals surface area contributed by atoms with Gasteiger partial charge in [-0.2, -0.15) is 0 Å². The predicted molar refractivity (Wildman–Crippen MR) is 88.8 cm³/mol. The molecule has 0 aliphatic rings. The number of carbonyl (C=O) groups excluding carboxylic acids is 2. The van der Waals surface area contributed by atoms with Crippen LogP contribution < -0.4 is 10.6 Å². The quantitative estimate of drug-likeness (QED) is 0.830. The highest BCUT2D eigenvalue weighted by molar-refractivity contribution is 6.43. The van der Waals surface area contributed by atoms with Crippen molar-refractivity contribution in [2.75, 3.05) is 10.6 Å². The van der Waals surface area contributed by atoms with Gasteiger partial charge in [-0.15, -0.1) is 0 Å². The van der Waals surface area contributed by atoms with Crippen molar-refractivity contribution in [2.24, 2.45) is 0 Å². The Bertz CT molecular complexity index is 736.